The molecule has 1 aromatic carbocycles. The Morgan fingerprint density at radius 2 is 2.20 bits per heavy atom. The second-order valence-electron chi connectivity index (χ2n) is 5.09. The van der Waals surface area contributed by atoms with Gasteiger partial charge in [0.25, 0.3) is 0 Å². The molecule has 0 bridgehead atoms. The highest BCUT2D eigenvalue weighted by Crippen LogP contribution is 2.23. The third-order valence-corrected chi connectivity index (χ3v) is 3.99. The van der Waals surface area contributed by atoms with Gasteiger partial charge in [-0.15, -0.1) is 0 Å². The highest BCUT2D eigenvalue weighted by molar-refractivity contribution is 7.99. The average Bonchev–Trinajstić information content (AvgIpc) is 2.83. The maximum Gasteiger partial charge on any atom is 0.166 e. The van der Waals surface area contributed by atoms with Crippen LogP contribution in [-0.2, 0) is 0 Å². The van der Waals surface area contributed by atoms with E-state index in [1.54, 1.807) is 18.9 Å². The summed E-state index contributed by atoms with van der Waals surface area (Å²) in [4.78, 5) is 7.91. The van der Waals surface area contributed by atoms with Crippen LogP contribution in [0, 0.1) is 0 Å². The smallest absolute Gasteiger partial charge is 0.166 e. The number of aromatic nitrogens is 2. The van der Waals surface area contributed by atoms with Crippen LogP contribution in [0.2, 0.25) is 0 Å². The highest BCUT2D eigenvalue weighted by Gasteiger charge is 2.04. The van der Waals surface area contributed by atoms with E-state index in [1.165, 1.54) is 12.8 Å². The summed E-state index contributed by atoms with van der Waals surface area (Å²) in [6.45, 7) is 5.45. The molecule has 0 saturated carbocycles. The first-order valence-electron chi connectivity index (χ1n) is 7.09. The van der Waals surface area contributed by atoms with Crippen molar-refractivity contribution in [2.75, 3.05) is 19.4 Å². The predicted octanol–water partition coefficient (Wildman–Crippen LogP) is 3.44. The zero-order valence-corrected chi connectivity index (χ0v) is 13.2. The van der Waals surface area contributed by atoms with Crippen molar-refractivity contribution in [2.24, 2.45) is 0 Å². The largest absolute Gasteiger partial charge is 0.497 e. The minimum atomic E-state index is 0.577. The molecule has 0 spiro atoms. The Morgan fingerprint density at radius 3 is 2.95 bits per heavy atom. The van der Waals surface area contributed by atoms with Crippen LogP contribution in [0.3, 0.4) is 0 Å². The number of hydrogen-bond donors (Lipinski definition) is 2. The Bertz CT molecular complexity index is 539. The standard InChI is InChI=1S/C15H23N3OS/c1-11(2)16-8-4-5-9-20-15-17-13-7-6-12(19-3)10-14(13)18-15/h6-7,10-11,16H,4-5,8-9H2,1-3H3,(H,17,18). The summed E-state index contributed by atoms with van der Waals surface area (Å²) in [7, 11) is 1.68. The van der Waals surface area contributed by atoms with Gasteiger partial charge in [-0.25, -0.2) is 4.98 Å². The molecule has 5 heteroatoms. The Balaban J connectivity index is 1.78. The van der Waals surface area contributed by atoms with Gasteiger partial charge in [0.1, 0.15) is 5.75 Å². The van der Waals surface area contributed by atoms with E-state index >= 15 is 0 Å². The molecule has 20 heavy (non-hydrogen) atoms. The Kier molecular flexibility index (Phi) is 5.73. The number of aromatic amines is 1. The van der Waals surface area contributed by atoms with Gasteiger partial charge >= 0.3 is 0 Å². The number of methoxy groups -OCH3 is 1. The van der Waals surface area contributed by atoms with Crippen molar-refractivity contribution < 1.29 is 4.74 Å². The number of imidazole rings is 1. The van der Waals surface area contributed by atoms with Crippen molar-refractivity contribution in [1.29, 1.82) is 0 Å². The molecule has 0 aliphatic heterocycles. The fourth-order valence-electron chi connectivity index (χ4n) is 1.95. The number of hydrogen-bond acceptors (Lipinski definition) is 4. The van der Waals surface area contributed by atoms with Crippen LogP contribution in [0.4, 0.5) is 0 Å². The lowest BCUT2D eigenvalue weighted by atomic mass is 10.3. The molecule has 2 rings (SSSR count). The van der Waals surface area contributed by atoms with Crippen molar-refractivity contribution >= 4 is 22.8 Å². The number of nitrogens with zero attached hydrogens (tertiary/aromatic N) is 1. The maximum absolute atomic E-state index is 5.21. The fraction of sp³-hybridized carbons (Fsp3) is 0.533. The van der Waals surface area contributed by atoms with E-state index in [0.717, 1.165) is 34.2 Å². The van der Waals surface area contributed by atoms with Gasteiger partial charge in [0.05, 0.1) is 18.1 Å². The monoisotopic (exact) mass is 293 g/mol. The van der Waals surface area contributed by atoms with Gasteiger partial charge in [-0.3, -0.25) is 0 Å². The summed E-state index contributed by atoms with van der Waals surface area (Å²) in [5.41, 5.74) is 2.03. The third kappa shape index (κ3) is 4.42. The summed E-state index contributed by atoms with van der Waals surface area (Å²) in [5.74, 6) is 1.95. The van der Waals surface area contributed by atoms with Crippen LogP contribution in [0.25, 0.3) is 11.0 Å². The van der Waals surface area contributed by atoms with Gasteiger partial charge in [0, 0.05) is 17.9 Å². The second kappa shape index (κ2) is 7.55. The molecule has 4 nitrogen and oxygen atoms in total. The lowest BCUT2D eigenvalue weighted by Gasteiger charge is -2.06. The molecule has 0 aliphatic rings. The Morgan fingerprint density at radius 1 is 1.35 bits per heavy atom. The van der Waals surface area contributed by atoms with Crippen LogP contribution in [-0.4, -0.2) is 35.4 Å². The molecule has 0 atom stereocenters. The van der Waals surface area contributed by atoms with Crippen molar-refractivity contribution in [3.63, 3.8) is 0 Å². The SMILES string of the molecule is COc1ccc2nc(SCCCCNC(C)C)[nH]c2c1. The minimum Gasteiger partial charge on any atom is -0.497 e. The number of thioether (sulfide) groups is 1. The van der Waals surface area contributed by atoms with E-state index in [2.05, 4.69) is 29.1 Å². The van der Waals surface area contributed by atoms with Gasteiger partial charge in [-0.05, 0) is 31.5 Å². The van der Waals surface area contributed by atoms with E-state index in [-0.39, 0.29) is 0 Å². The molecule has 0 unspecified atom stereocenters. The van der Waals surface area contributed by atoms with Crippen LogP contribution in [0.1, 0.15) is 26.7 Å². The summed E-state index contributed by atoms with van der Waals surface area (Å²) < 4.78 is 5.21. The van der Waals surface area contributed by atoms with Crippen molar-refractivity contribution in [1.82, 2.24) is 15.3 Å². The first-order valence-corrected chi connectivity index (χ1v) is 8.07. The lowest BCUT2D eigenvalue weighted by molar-refractivity contribution is 0.415. The number of nitrogens with one attached hydrogen (secondary N) is 2. The molecule has 2 aromatic rings. The molecule has 0 saturated heterocycles. The topological polar surface area (TPSA) is 49.9 Å². The van der Waals surface area contributed by atoms with E-state index in [9.17, 15) is 0 Å². The van der Waals surface area contributed by atoms with Gasteiger partial charge in [-0.2, -0.15) is 0 Å². The second-order valence-corrected chi connectivity index (χ2v) is 6.17. The van der Waals surface area contributed by atoms with Crippen LogP contribution in [0.15, 0.2) is 23.4 Å². The highest BCUT2D eigenvalue weighted by atomic mass is 32.2. The van der Waals surface area contributed by atoms with Gasteiger partial charge in [-0.1, -0.05) is 25.6 Å². The third-order valence-electron chi connectivity index (χ3n) is 3.03. The van der Waals surface area contributed by atoms with Crippen molar-refractivity contribution in [3.05, 3.63) is 18.2 Å². The molecule has 0 amide bonds. The molecule has 1 heterocycles. The zero-order chi connectivity index (χ0) is 14.4. The molecule has 0 radical (unpaired) electrons. The molecular weight excluding hydrogens is 270 g/mol. The molecule has 110 valence electrons. The number of H-pyrrole nitrogens is 1. The molecular formula is C15H23N3OS. The molecule has 0 fully saturated rings. The Labute approximate surface area is 124 Å². The summed E-state index contributed by atoms with van der Waals surface area (Å²) in [5, 5.41) is 4.42. The molecule has 2 N–H and O–H groups in total. The number of unbranched alkanes of at least 4 members (excludes halogenated alkanes) is 1. The van der Waals surface area contributed by atoms with E-state index in [1.807, 2.05) is 18.2 Å². The average molecular weight is 293 g/mol. The van der Waals surface area contributed by atoms with Crippen molar-refractivity contribution in [3.8, 4) is 5.75 Å². The van der Waals surface area contributed by atoms with Crippen LogP contribution in [0.5, 0.6) is 5.75 Å². The Hall–Kier alpha value is -1.20. The van der Waals surface area contributed by atoms with E-state index in [4.69, 9.17) is 4.74 Å². The maximum atomic E-state index is 5.21. The predicted molar refractivity (Wildman–Crippen MR) is 85.7 cm³/mol. The van der Waals surface area contributed by atoms with E-state index < -0.39 is 0 Å². The van der Waals surface area contributed by atoms with Gasteiger partial charge < -0.3 is 15.0 Å². The number of ether oxygens (including phenoxy) is 1. The summed E-state index contributed by atoms with van der Waals surface area (Å²) in [6, 6.07) is 6.49. The quantitative estimate of drug-likeness (QED) is 0.578. The van der Waals surface area contributed by atoms with Crippen LogP contribution >= 0.6 is 11.8 Å². The molecule has 0 aliphatic carbocycles. The summed E-state index contributed by atoms with van der Waals surface area (Å²) >= 11 is 1.78. The first kappa shape index (κ1) is 15.2. The molecule has 1 aromatic heterocycles. The summed E-state index contributed by atoms with van der Waals surface area (Å²) in [6.07, 6.45) is 2.41. The first-order chi connectivity index (χ1) is 9.69. The van der Waals surface area contributed by atoms with Gasteiger partial charge in [0.2, 0.25) is 0 Å². The van der Waals surface area contributed by atoms with Crippen molar-refractivity contribution in [2.45, 2.75) is 37.9 Å². The number of fused-ring (bicyclic) bond motifs is 1. The number of rotatable bonds is 8. The minimum absolute atomic E-state index is 0.577. The van der Waals surface area contributed by atoms with Crippen LogP contribution < -0.4 is 10.1 Å². The lowest BCUT2D eigenvalue weighted by Crippen LogP contribution is -2.23. The number of benzene rings is 1. The fourth-order valence-corrected chi connectivity index (χ4v) is 2.83. The van der Waals surface area contributed by atoms with E-state index in [0.29, 0.717) is 6.04 Å². The normalized spacial score (nSPS) is 11.4. The zero-order valence-electron chi connectivity index (χ0n) is 12.4. The van der Waals surface area contributed by atoms with Gasteiger partial charge in [0.15, 0.2) is 5.16 Å².